The number of hydrogen-bond donors (Lipinski definition) is 1. The number of rotatable bonds is 6. The van der Waals surface area contributed by atoms with Gasteiger partial charge in [-0.25, -0.2) is 8.42 Å². The molecule has 21 heavy (non-hydrogen) atoms. The molecule has 0 spiro atoms. The normalized spacial score (nSPS) is 12.0. The van der Waals surface area contributed by atoms with Crippen molar-refractivity contribution in [2.45, 2.75) is 31.9 Å². The molecular formula is C15H19NO4S. The first-order valence-electron chi connectivity index (χ1n) is 6.73. The molecule has 1 aromatic heterocycles. The molecule has 0 bridgehead atoms. The van der Waals surface area contributed by atoms with Gasteiger partial charge in [0.05, 0.1) is 0 Å². The van der Waals surface area contributed by atoms with Crippen LogP contribution in [-0.4, -0.2) is 24.4 Å². The second-order valence-electron chi connectivity index (χ2n) is 4.71. The predicted octanol–water partition coefficient (Wildman–Crippen LogP) is 2.29. The summed E-state index contributed by atoms with van der Waals surface area (Å²) in [6, 6.07) is 10.8. The van der Waals surface area contributed by atoms with Crippen LogP contribution in [-0.2, 0) is 23.2 Å². The number of aliphatic hydroxyl groups excluding tert-OH is 1. The lowest BCUT2D eigenvalue weighted by Crippen LogP contribution is -2.30. The van der Waals surface area contributed by atoms with Gasteiger partial charge in [-0.15, -0.1) is 0 Å². The minimum atomic E-state index is -3.64. The Labute approximate surface area is 124 Å². The molecule has 5 nitrogen and oxygen atoms in total. The van der Waals surface area contributed by atoms with Gasteiger partial charge < -0.3 is 9.52 Å². The van der Waals surface area contributed by atoms with Crippen LogP contribution in [0.25, 0.3) is 0 Å². The Morgan fingerprint density at radius 3 is 2.43 bits per heavy atom. The summed E-state index contributed by atoms with van der Waals surface area (Å²) < 4.78 is 32.0. The molecule has 0 atom stereocenters. The lowest BCUT2D eigenvalue weighted by molar-refractivity contribution is 0.244. The zero-order valence-electron chi connectivity index (χ0n) is 12.1. The summed E-state index contributed by atoms with van der Waals surface area (Å²) >= 11 is 0. The van der Waals surface area contributed by atoms with E-state index in [9.17, 15) is 8.42 Å². The standard InChI is InChI=1S/C15H19NO4S/c1-3-16(10-13-7-5-4-6-8-13)21(18,19)15-9-14(11-17)20-12(15)2/h4-9,17H,3,10-11H2,1-2H3. The Morgan fingerprint density at radius 2 is 1.90 bits per heavy atom. The molecule has 1 heterocycles. The lowest BCUT2D eigenvalue weighted by Gasteiger charge is -2.20. The molecule has 0 saturated heterocycles. The second-order valence-corrected chi connectivity index (χ2v) is 6.61. The van der Waals surface area contributed by atoms with Crippen molar-refractivity contribution < 1.29 is 17.9 Å². The minimum Gasteiger partial charge on any atom is -0.462 e. The zero-order valence-corrected chi connectivity index (χ0v) is 12.9. The van der Waals surface area contributed by atoms with Crippen molar-refractivity contribution in [2.24, 2.45) is 0 Å². The van der Waals surface area contributed by atoms with Gasteiger partial charge in [0.15, 0.2) is 0 Å². The summed E-state index contributed by atoms with van der Waals surface area (Å²) in [4.78, 5) is 0.115. The Balaban J connectivity index is 2.33. The monoisotopic (exact) mass is 309 g/mol. The van der Waals surface area contributed by atoms with E-state index in [1.807, 2.05) is 30.3 Å². The van der Waals surface area contributed by atoms with Crippen LogP contribution < -0.4 is 0 Å². The molecule has 1 N–H and O–H groups in total. The average molecular weight is 309 g/mol. The van der Waals surface area contributed by atoms with Crippen molar-refractivity contribution in [3.63, 3.8) is 0 Å². The van der Waals surface area contributed by atoms with Crippen molar-refractivity contribution >= 4 is 10.0 Å². The fraction of sp³-hybridized carbons (Fsp3) is 0.333. The van der Waals surface area contributed by atoms with E-state index < -0.39 is 10.0 Å². The highest BCUT2D eigenvalue weighted by molar-refractivity contribution is 7.89. The second kappa shape index (κ2) is 6.43. The molecule has 6 heteroatoms. The van der Waals surface area contributed by atoms with Gasteiger partial charge in [0.1, 0.15) is 23.0 Å². The van der Waals surface area contributed by atoms with Gasteiger partial charge in [-0.05, 0) is 12.5 Å². The fourth-order valence-electron chi connectivity index (χ4n) is 2.15. The number of hydrogen-bond acceptors (Lipinski definition) is 4. The summed E-state index contributed by atoms with van der Waals surface area (Å²) in [5.41, 5.74) is 0.923. The number of nitrogens with zero attached hydrogens (tertiary/aromatic N) is 1. The van der Waals surface area contributed by atoms with Gasteiger partial charge >= 0.3 is 0 Å². The SMILES string of the molecule is CCN(Cc1ccccc1)S(=O)(=O)c1cc(CO)oc1C. The number of aryl methyl sites for hydroxylation is 1. The van der Waals surface area contributed by atoms with Gasteiger partial charge in [-0.2, -0.15) is 4.31 Å². The van der Waals surface area contributed by atoms with Crippen LogP contribution in [0.1, 0.15) is 24.0 Å². The summed E-state index contributed by atoms with van der Waals surface area (Å²) in [6.45, 7) is 3.72. The number of aliphatic hydroxyl groups is 1. The largest absolute Gasteiger partial charge is 0.462 e. The van der Waals surface area contributed by atoms with Crippen LogP contribution in [0.2, 0.25) is 0 Å². The maximum absolute atomic E-state index is 12.7. The predicted molar refractivity (Wildman–Crippen MR) is 79.1 cm³/mol. The van der Waals surface area contributed by atoms with E-state index in [0.29, 0.717) is 18.8 Å². The lowest BCUT2D eigenvalue weighted by atomic mass is 10.2. The first-order valence-corrected chi connectivity index (χ1v) is 8.17. The van der Waals surface area contributed by atoms with Gasteiger partial charge in [0, 0.05) is 19.2 Å². The summed E-state index contributed by atoms with van der Waals surface area (Å²) in [6.07, 6.45) is 0. The van der Waals surface area contributed by atoms with Crippen molar-refractivity contribution in [2.75, 3.05) is 6.54 Å². The first kappa shape index (κ1) is 15.8. The highest BCUT2D eigenvalue weighted by Crippen LogP contribution is 2.24. The highest BCUT2D eigenvalue weighted by Gasteiger charge is 2.27. The van der Waals surface area contributed by atoms with Gasteiger partial charge in [-0.1, -0.05) is 37.3 Å². The minimum absolute atomic E-state index is 0.115. The molecule has 0 unspecified atom stereocenters. The third-order valence-electron chi connectivity index (χ3n) is 3.25. The molecule has 0 aliphatic carbocycles. The number of furan rings is 1. The third-order valence-corrected chi connectivity index (χ3v) is 5.28. The molecule has 0 aliphatic rings. The summed E-state index contributed by atoms with van der Waals surface area (Å²) in [7, 11) is -3.64. The maximum atomic E-state index is 12.7. The smallest absolute Gasteiger partial charge is 0.246 e. The molecule has 114 valence electrons. The quantitative estimate of drug-likeness (QED) is 0.889. The molecule has 0 saturated carbocycles. The Bertz CT molecular complexity index is 692. The van der Waals surface area contributed by atoms with Crippen LogP contribution >= 0.6 is 0 Å². The van der Waals surface area contributed by atoms with Gasteiger partial charge in [0.2, 0.25) is 10.0 Å². The molecule has 2 rings (SSSR count). The molecule has 0 fully saturated rings. The van der Waals surface area contributed by atoms with Gasteiger partial charge in [0.25, 0.3) is 0 Å². The van der Waals surface area contributed by atoms with E-state index >= 15 is 0 Å². The van der Waals surface area contributed by atoms with E-state index in [1.54, 1.807) is 13.8 Å². The topological polar surface area (TPSA) is 70.8 Å². The molecular weight excluding hydrogens is 290 g/mol. The maximum Gasteiger partial charge on any atom is 0.246 e. The van der Waals surface area contributed by atoms with Gasteiger partial charge in [-0.3, -0.25) is 0 Å². The third kappa shape index (κ3) is 3.34. The Hall–Kier alpha value is -1.63. The summed E-state index contributed by atoms with van der Waals surface area (Å²) in [5.74, 6) is 0.549. The number of benzene rings is 1. The van der Waals surface area contributed by atoms with Crippen molar-refractivity contribution in [1.29, 1.82) is 0 Å². The van der Waals surface area contributed by atoms with E-state index in [0.717, 1.165) is 5.56 Å². The van der Waals surface area contributed by atoms with Crippen molar-refractivity contribution in [1.82, 2.24) is 4.31 Å². The molecule has 1 aromatic carbocycles. The van der Waals surface area contributed by atoms with E-state index in [2.05, 4.69) is 0 Å². The molecule has 0 radical (unpaired) electrons. The Morgan fingerprint density at radius 1 is 1.24 bits per heavy atom. The molecule has 2 aromatic rings. The zero-order chi connectivity index (χ0) is 15.5. The van der Waals surface area contributed by atoms with Crippen LogP contribution in [0.5, 0.6) is 0 Å². The van der Waals surface area contributed by atoms with E-state index in [1.165, 1.54) is 10.4 Å². The van der Waals surface area contributed by atoms with Crippen LogP contribution in [0, 0.1) is 6.92 Å². The average Bonchev–Trinajstić information content (AvgIpc) is 2.87. The van der Waals surface area contributed by atoms with Crippen LogP contribution in [0.3, 0.4) is 0 Å². The Kier molecular flexibility index (Phi) is 4.82. The fourth-order valence-corrected chi connectivity index (χ4v) is 3.77. The first-order chi connectivity index (χ1) is 9.98. The van der Waals surface area contributed by atoms with Crippen molar-refractivity contribution in [3.05, 3.63) is 53.5 Å². The van der Waals surface area contributed by atoms with E-state index in [-0.39, 0.29) is 17.3 Å². The van der Waals surface area contributed by atoms with Crippen molar-refractivity contribution in [3.8, 4) is 0 Å². The van der Waals surface area contributed by atoms with Crippen LogP contribution in [0.4, 0.5) is 0 Å². The molecule has 0 amide bonds. The molecule has 0 aliphatic heterocycles. The van der Waals surface area contributed by atoms with E-state index in [4.69, 9.17) is 9.52 Å². The number of sulfonamides is 1. The summed E-state index contributed by atoms with van der Waals surface area (Å²) in [5, 5.41) is 9.07. The van der Waals surface area contributed by atoms with Crippen LogP contribution in [0.15, 0.2) is 45.7 Å². The highest BCUT2D eigenvalue weighted by atomic mass is 32.2.